The van der Waals surface area contributed by atoms with Crippen LogP contribution >= 0.6 is 11.6 Å². The highest BCUT2D eigenvalue weighted by Crippen LogP contribution is 2.32. The summed E-state index contributed by atoms with van der Waals surface area (Å²) in [5.41, 5.74) is 2.48. The van der Waals surface area contributed by atoms with Crippen molar-refractivity contribution in [2.45, 2.75) is 6.42 Å². The highest BCUT2D eigenvalue weighted by molar-refractivity contribution is 6.30. The Balaban J connectivity index is 1.47. The number of ether oxygens (including phenoxy) is 2. The molecule has 8 heteroatoms. The number of halogens is 1. The van der Waals surface area contributed by atoms with Crippen LogP contribution in [0.5, 0.6) is 11.5 Å². The van der Waals surface area contributed by atoms with Gasteiger partial charge in [0.25, 0.3) is 5.91 Å². The van der Waals surface area contributed by atoms with Crippen molar-refractivity contribution in [2.75, 3.05) is 45.3 Å². The van der Waals surface area contributed by atoms with Crippen LogP contribution < -0.4 is 14.4 Å². The minimum absolute atomic E-state index is 0.0542. The molecule has 1 saturated heterocycles. The van der Waals surface area contributed by atoms with Crippen molar-refractivity contribution < 1.29 is 14.3 Å². The molecule has 1 aliphatic rings. The average molecular weight is 441 g/mol. The van der Waals surface area contributed by atoms with E-state index in [1.807, 2.05) is 35.2 Å². The Labute approximate surface area is 186 Å². The second-order valence-corrected chi connectivity index (χ2v) is 7.76. The van der Waals surface area contributed by atoms with Gasteiger partial charge in [-0.25, -0.2) is 0 Å². The molecule has 2 heterocycles. The van der Waals surface area contributed by atoms with Gasteiger partial charge in [-0.05, 0) is 36.2 Å². The fourth-order valence-corrected chi connectivity index (χ4v) is 3.95. The van der Waals surface area contributed by atoms with Crippen LogP contribution in [0.4, 0.5) is 5.82 Å². The third-order valence-electron chi connectivity index (χ3n) is 5.46. The molecular weight excluding hydrogens is 416 g/mol. The van der Waals surface area contributed by atoms with Crippen LogP contribution in [-0.4, -0.2) is 61.4 Å². The normalized spacial score (nSPS) is 14.3. The Morgan fingerprint density at radius 3 is 2.58 bits per heavy atom. The zero-order valence-corrected chi connectivity index (χ0v) is 18.4. The zero-order valence-electron chi connectivity index (χ0n) is 17.6. The monoisotopic (exact) mass is 440 g/mol. The van der Waals surface area contributed by atoms with Crippen molar-refractivity contribution in [1.82, 2.24) is 15.1 Å². The Kier molecular flexibility index (Phi) is 6.32. The molecule has 7 nitrogen and oxygen atoms in total. The summed E-state index contributed by atoms with van der Waals surface area (Å²) in [7, 11) is 3.12. The summed E-state index contributed by atoms with van der Waals surface area (Å²) >= 11 is 5.98. The molecule has 0 atom stereocenters. The predicted molar refractivity (Wildman–Crippen MR) is 121 cm³/mol. The van der Waals surface area contributed by atoms with Gasteiger partial charge < -0.3 is 19.3 Å². The van der Waals surface area contributed by atoms with Crippen LogP contribution in [0.15, 0.2) is 48.5 Å². The maximum absolute atomic E-state index is 13.2. The van der Waals surface area contributed by atoms with Crippen LogP contribution in [-0.2, 0) is 0 Å². The van der Waals surface area contributed by atoms with E-state index in [2.05, 4.69) is 15.1 Å². The number of hydrogen-bond acceptors (Lipinski definition) is 5. The van der Waals surface area contributed by atoms with Crippen LogP contribution in [0.2, 0.25) is 5.02 Å². The van der Waals surface area contributed by atoms with Gasteiger partial charge in [0.15, 0.2) is 17.3 Å². The average Bonchev–Trinajstić information content (AvgIpc) is 3.16. The Hall–Kier alpha value is -3.19. The lowest BCUT2D eigenvalue weighted by Crippen LogP contribution is -2.35. The Morgan fingerprint density at radius 1 is 1.03 bits per heavy atom. The van der Waals surface area contributed by atoms with Crippen molar-refractivity contribution in [2.24, 2.45) is 0 Å². The second kappa shape index (κ2) is 9.31. The van der Waals surface area contributed by atoms with Crippen LogP contribution in [0, 0.1) is 0 Å². The number of anilines is 1. The summed E-state index contributed by atoms with van der Waals surface area (Å²) in [4.78, 5) is 17.3. The Morgan fingerprint density at radius 2 is 1.84 bits per heavy atom. The molecule has 0 saturated carbocycles. The summed E-state index contributed by atoms with van der Waals surface area (Å²) in [6.45, 7) is 2.79. The largest absolute Gasteiger partial charge is 0.493 e. The number of para-hydroxylation sites is 1. The number of benzene rings is 2. The Bertz CT molecular complexity index is 1050. The van der Waals surface area contributed by atoms with E-state index in [4.69, 9.17) is 21.1 Å². The van der Waals surface area contributed by atoms with Crippen molar-refractivity contribution >= 4 is 23.3 Å². The topological polar surface area (TPSA) is 70.7 Å². The number of H-pyrrole nitrogens is 1. The molecule has 1 aromatic heterocycles. The third kappa shape index (κ3) is 4.46. The number of aromatic amines is 1. The van der Waals surface area contributed by atoms with Crippen molar-refractivity contribution in [3.05, 3.63) is 59.1 Å². The lowest BCUT2D eigenvalue weighted by molar-refractivity contribution is 0.0763. The van der Waals surface area contributed by atoms with E-state index in [0.717, 1.165) is 30.0 Å². The SMILES string of the molecule is COc1cccc(C(=O)N2CCCN(c3cc(-c4ccc(Cl)cc4)[nH]n3)CC2)c1OC. The summed E-state index contributed by atoms with van der Waals surface area (Å²) < 4.78 is 10.8. The predicted octanol–water partition coefficient (Wildman–Crippen LogP) is 4.10. The molecule has 31 heavy (non-hydrogen) atoms. The quantitative estimate of drug-likeness (QED) is 0.646. The van der Waals surface area contributed by atoms with Gasteiger partial charge in [0.1, 0.15) is 0 Å². The molecule has 1 N–H and O–H groups in total. The number of aromatic nitrogens is 2. The van der Waals surface area contributed by atoms with Gasteiger partial charge in [0, 0.05) is 37.3 Å². The molecule has 3 aromatic rings. The maximum Gasteiger partial charge on any atom is 0.257 e. The molecule has 0 bridgehead atoms. The minimum Gasteiger partial charge on any atom is -0.493 e. The van der Waals surface area contributed by atoms with Gasteiger partial charge in [0.05, 0.1) is 25.5 Å². The lowest BCUT2D eigenvalue weighted by atomic mass is 10.1. The van der Waals surface area contributed by atoms with E-state index in [9.17, 15) is 4.79 Å². The minimum atomic E-state index is -0.0542. The molecule has 0 unspecified atom stereocenters. The molecule has 1 amide bonds. The lowest BCUT2D eigenvalue weighted by Gasteiger charge is -2.23. The van der Waals surface area contributed by atoms with Gasteiger partial charge in [-0.2, -0.15) is 5.10 Å². The number of hydrogen-bond donors (Lipinski definition) is 1. The number of carbonyl (C=O) groups excluding carboxylic acids is 1. The van der Waals surface area contributed by atoms with Crippen LogP contribution in [0.1, 0.15) is 16.8 Å². The highest BCUT2D eigenvalue weighted by atomic mass is 35.5. The maximum atomic E-state index is 13.2. The number of carbonyl (C=O) groups is 1. The number of methoxy groups -OCH3 is 2. The zero-order chi connectivity index (χ0) is 21.8. The van der Waals surface area contributed by atoms with Crippen LogP contribution in [0.3, 0.4) is 0 Å². The molecule has 162 valence electrons. The van der Waals surface area contributed by atoms with E-state index >= 15 is 0 Å². The fraction of sp³-hybridized carbons (Fsp3) is 0.304. The van der Waals surface area contributed by atoms with E-state index in [1.54, 1.807) is 32.4 Å². The summed E-state index contributed by atoms with van der Waals surface area (Å²) in [5, 5.41) is 8.29. The van der Waals surface area contributed by atoms with Gasteiger partial charge in [-0.3, -0.25) is 9.89 Å². The molecule has 1 aliphatic heterocycles. The summed E-state index contributed by atoms with van der Waals surface area (Å²) in [5.74, 6) is 1.84. The van der Waals surface area contributed by atoms with Gasteiger partial charge in [0.2, 0.25) is 0 Å². The molecule has 1 fully saturated rings. The molecule has 0 spiro atoms. The standard InChI is InChI=1S/C23H25ClN4O3/c1-30-20-6-3-5-18(22(20)31-2)23(29)28-12-4-11-27(13-14-28)21-15-19(25-26-21)16-7-9-17(24)10-8-16/h3,5-10,15H,4,11-14H2,1-2H3,(H,25,26). The first-order valence-electron chi connectivity index (χ1n) is 10.2. The number of rotatable bonds is 5. The first-order chi connectivity index (χ1) is 15.1. The first-order valence-corrected chi connectivity index (χ1v) is 10.5. The molecular formula is C23H25ClN4O3. The summed E-state index contributed by atoms with van der Waals surface area (Å²) in [6.07, 6.45) is 0.848. The second-order valence-electron chi connectivity index (χ2n) is 7.32. The van der Waals surface area contributed by atoms with Crippen molar-refractivity contribution in [3.8, 4) is 22.8 Å². The fourth-order valence-electron chi connectivity index (χ4n) is 3.83. The smallest absolute Gasteiger partial charge is 0.257 e. The van der Waals surface area contributed by atoms with Gasteiger partial charge >= 0.3 is 0 Å². The van der Waals surface area contributed by atoms with E-state index in [1.165, 1.54) is 0 Å². The van der Waals surface area contributed by atoms with Gasteiger partial charge in [-0.15, -0.1) is 0 Å². The molecule has 0 radical (unpaired) electrons. The molecule has 0 aliphatic carbocycles. The van der Waals surface area contributed by atoms with Gasteiger partial charge in [-0.1, -0.05) is 29.8 Å². The highest BCUT2D eigenvalue weighted by Gasteiger charge is 2.25. The van der Waals surface area contributed by atoms with Crippen molar-refractivity contribution in [3.63, 3.8) is 0 Å². The van der Waals surface area contributed by atoms with E-state index in [0.29, 0.717) is 41.7 Å². The molecule has 2 aromatic carbocycles. The number of nitrogens with zero attached hydrogens (tertiary/aromatic N) is 3. The van der Waals surface area contributed by atoms with E-state index in [-0.39, 0.29) is 5.91 Å². The summed E-state index contributed by atoms with van der Waals surface area (Å²) in [6, 6.07) is 15.0. The number of amides is 1. The van der Waals surface area contributed by atoms with E-state index < -0.39 is 0 Å². The van der Waals surface area contributed by atoms with Crippen LogP contribution in [0.25, 0.3) is 11.3 Å². The molecule has 4 rings (SSSR count). The number of nitrogens with one attached hydrogen (secondary N) is 1. The first kappa shape index (κ1) is 21.1. The van der Waals surface area contributed by atoms with Crippen molar-refractivity contribution in [1.29, 1.82) is 0 Å². The third-order valence-corrected chi connectivity index (χ3v) is 5.71.